The average Bonchev–Trinajstić information content (AvgIpc) is 2.88. The molecule has 0 aromatic carbocycles. The van der Waals surface area contributed by atoms with Crippen LogP contribution in [0.1, 0.15) is 117 Å². The molecule has 0 saturated carbocycles. The maximum absolute atomic E-state index is 13.2. The summed E-state index contributed by atoms with van der Waals surface area (Å²) in [6, 6.07) is 0. The van der Waals surface area contributed by atoms with E-state index in [4.69, 9.17) is 9.22 Å². The van der Waals surface area contributed by atoms with Crippen molar-refractivity contribution in [3.8, 4) is 0 Å². The van der Waals surface area contributed by atoms with E-state index in [1.807, 2.05) is 0 Å². The first kappa shape index (κ1) is 38.3. The van der Waals surface area contributed by atoms with Gasteiger partial charge in [0, 0.05) is 0 Å². The second kappa shape index (κ2) is 23.9. The van der Waals surface area contributed by atoms with Crippen molar-refractivity contribution in [1.82, 2.24) is 0 Å². The molecule has 0 fully saturated rings. The molecule has 0 amide bonds. The fourth-order valence-corrected chi connectivity index (χ4v) is 10.1. The van der Waals surface area contributed by atoms with Crippen molar-refractivity contribution in [2.24, 2.45) is 17.8 Å². The van der Waals surface area contributed by atoms with Crippen molar-refractivity contribution in [2.45, 2.75) is 122 Å². The summed E-state index contributed by atoms with van der Waals surface area (Å²) in [5.74, 6) is -1.83. The molecular formula is C28H54O6S3Sn. The standard InChI is InChI=1S/3C9H18O2S.CH3.Sn/c3*1-2-3-4-5-6-8(7-12)9(10)11;;/h3*8,12H,2-7H2,1H3,(H,10,11);1H3;/q;;;;+3/p-3. The number of unbranched alkanes of at least 4 members (excludes halogenated alkanes) is 9. The maximum atomic E-state index is 13.2. The Morgan fingerprint density at radius 1 is 0.526 bits per heavy atom. The Labute approximate surface area is 254 Å². The minimum atomic E-state index is -4.93. The minimum absolute atomic E-state index is 0.322. The third kappa shape index (κ3) is 17.2. The number of rotatable bonds is 24. The molecule has 0 bridgehead atoms. The van der Waals surface area contributed by atoms with Gasteiger partial charge in [-0.05, 0) is 0 Å². The average molecular weight is 702 g/mol. The molecule has 0 heterocycles. The number of hydrogen-bond donors (Lipinski definition) is 3. The van der Waals surface area contributed by atoms with Crippen molar-refractivity contribution < 1.29 is 23.6 Å². The van der Waals surface area contributed by atoms with Gasteiger partial charge in [-0.25, -0.2) is 0 Å². The molecule has 0 N–H and O–H groups in total. The number of hydrogen-bond acceptors (Lipinski definition) is 9. The first-order valence-electron chi connectivity index (χ1n) is 14.7. The van der Waals surface area contributed by atoms with Crippen LogP contribution in [0.25, 0.3) is 0 Å². The third-order valence-corrected chi connectivity index (χ3v) is 13.0. The van der Waals surface area contributed by atoms with Crippen LogP contribution in [0.4, 0.5) is 0 Å². The van der Waals surface area contributed by atoms with E-state index in [1.165, 1.54) is 4.94 Å². The number of carbonyl (C=O) groups excluding carboxylic acids is 3. The van der Waals surface area contributed by atoms with Gasteiger partial charge < -0.3 is 0 Å². The second-order valence-electron chi connectivity index (χ2n) is 10.3. The summed E-state index contributed by atoms with van der Waals surface area (Å²) in [4.78, 5) is 41.0. The number of carbonyl (C=O) groups is 3. The van der Waals surface area contributed by atoms with Crippen molar-refractivity contribution in [1.29, 1.82) is 0 Å². The fraction of sp³-hybridized carbons (Fsp3) is 0.893. The quantitative estimate of drug-likeness (QED) is 0.0544. The molecule has 10 heteroatoms. The van der Waals surface area contributed by atoms with Crippen LogP contribution >= 0.6 is 37.9 Å². The molecule has 38 heavy (non-hydrogen) atoms. The van der Waals surface area contributed by atoms with Crippen molar-refractivity contribution in [3.63, 3.8) is 0 Å². The summed E-state index contributed by atoms with van der Waals surface area (Å²) >= 11 is 8.16. The third-order valence-electron chi connectivity index (χ3n) is 6.74. The molecule has 0 saturated heterocycles. The van der Waals surface area contributed by atoms with Crippen molar-refractivity contribution in [3.05, 3.63) is 0 Å². The van der Waals surface area contributed by atoms with Crippen molar-refractivity contribution >= 4 is 75.4 Å². The molecule has 0 aliphatic rings. The Kier molecular flexibility index (Phi) is 24.1. The summed E-state index contributed by atoms with van der Waals surface area (Å²) in [5.41, 5.74) is 0. The van der Waals surface area contributed by atoms with E-state index in [-0.39, 0.29) is 0 Å². The van der Waals surface area contributed by atoms with Gasteiger partial charge in [-0.2, -0.15) is 0 Å². The molecule has 0 aliphatic heterocycles. The molecule has 0 spiro atoms. The van der Waals surface area contributed by atoms with Crippen LogP contribution in [0, 0.1) is 17.8 Å². The van der Waals surface area contributed by atoms with Crippen LogP contribution in [-0.2, 0) is 23.6 Å². The van der Waals surface area contributed by atoms with Crippen LogP contribution < -0.4 is 0 Å². The molecule has 0 aromatic heterocycles. The van der Waals surface area contributed by atoms with E-state index in [0.717, 1.165) is 77.0 Å². The first-order valence-corrected chi connectivity index (χ1v) is 23.0. The summed E-state index contributed by atoms with van der Waals surface area (Å²) in [5, 5.41) is 0. The predicted octanol–water partition coefficient (Wildman–Crippen LogP) is 7.73. The van der Waals surface area contributed by atoms with Crippen LogP contribution in [0.3, 0.4) is 0 Å². The molecule has 3 unspecified atom stereocenters. The van der Waals surface area contributed by atoms with E-state index < -0.39 is 55.3 Å². The topological polar surface area (TPSA) is 78.9 Å². The zero-order chi connectivity index (χ0) is 28.8. The second-order valence-corrected chi connectivity index (χ2v) is 18.1. The van der Waals surface area contributed by atoms with Crippen molar-refractivity contribution in [2.75, 3.05) is 17.3 Å². The zero-order valence-electron chi connectivity index (χ0n) is 24.3. The van der Waals surface area contributed by atoms with Crippen LogP contribution in [0.15, 0.2) is 0 Å². The zero-order valence-corrected chi connectivity index (χ0v) is 29.8. The van der Waals surface area contributed by atoms with Gasteiger partial charge in [0.1, 0.15) is 0 Å². The first-order chi connectivity index (χ1) is 18.2. The molecule has 0 aromatic rings. The number of thiol groups is 3. The van der Waals surface area contributed by atoms with Gasteiger partial charge in [0.2, 0.25) is 0 Å². The molecule has 224 valence electrons. The molecule has 0 rings (SSSR count). The fourth-order valence-electron chi connectivity index (χ4n) is 4.16. The molecule has 3 atom stereocenters. The summed E-state index contributed by atoms with van der Waals surface area (Å²) in [6.07, 6.45) is 14.3. The Morgan fingerprint density at radius 3 is 1.00 bits per heavy atom. The Bertz CT molecular complexity index is 568. The molecule has 0 radical (unpaired) electrons. The molecule has 6 nitrogen and oxygen atoms in total. The van der Waals surface area contributed by atoms with Gasteiger partial charge in [0.15, 0.2) is 0 Å². The van der Waals surface area contributed by atoms with E-state index in [2.05, 4.69) is 58.7 Å². The Morgan fingerprint density at radius 2 is 0.789 bits per heavy atom. The van der Waals surface area contributed by atoms with E-state index in [9.17, 15) is 14.4 Å². The van der Waals surface area contributed by atoms with Crippen LogP contribution in [-0.4, -0.2) is 54.8 Å². The summed E-state index contributed by atoms with van der Waals surface area (Å²) in [7, 11) is 0. The van der Waals surface area contributed by atoms with Crippen LogP contribution in [0.2, 0.25) is 4.94 Å². The molecular weight excluding hydrogens is 647 g/mol. The van der Waals surface area contributed by atoms with Gasteiger partial charge in [-0.15, -0.1) is 0 Å². The van der Waals surface area contributed by atoms with E-state index in [1.54, 1.807) is 0 Å². The Hall–Kier alpha value is 0.259. The summed E-state index contributed by atoms with van der Waals surface area (Å²) < 4.78 is 17.6. The summed E-state index contributed by atoms with van der Waals surface area (Å²) in [6.45, 7) is 6.41. The van der Waals surface area contributed by atoms with E-state index >= 15 is 0 Å². The van der Waals surface area contributed by atoms with Gasteiger partial charge in [0.05, 0.1) is 0 Å². The monoisotopic (exact) mass is 702 g/mol. The van der Waals surface area contributed by atoms with Crippen LogP contribution in [0.5, 0.6) is 0 Å². The molecule has 0 aliphatic carbocycles. The van der Waals surface area contributed by atoms with E-state index in [0.29, 0.717) is 36.5 Å². The predicted molar refractivity (Wildman–Crippen MR) is 168 cm³/mol. The SMILES string of the molecule is CCCCCCC(CS)C(=O)[O][Sn]([CH3])([O]C(=O)C(CS)CCCCCC)[O]C(=O)C(CS)CCCCCC. The van der Waals surface area contributed by atoms with Gasteiger partial charge in [-0.3, -0.25) is 0 Å². The van der Waals surface area contributed by atoms with Gasteiger partial charge >= 0.3 is 256 Å². The Balaban J connectivity index is 5.57. The normalized spacial score (nSPS) is 15.2. The van der Waals surface area contributed by atoms with Gasteiger partial charge in [-0.1, -0.05) is 0 Å². The van der Waals surface area contributed by atoms with Gasteiger partial charge in [0.25, 0.3) is 0 Å².